The molecule has 1 aliphatic carbocycles. The van der Waals surface area contributed by atoms with E-state index in [2.05, 4.69) is 0 Å². The number of aryl methyl sites for hydroxylation is 2. The van der Waals surface area contributed by atoms with Gasteiger partial charge in [0.05, 0.1) is 6.61 Å². The first-order valence-electron chi connectivity index (χ1n) is 6.20. The number of hydrogen-bond donors (Lipinski definition) is 0. The Morgan fingerprint density at radius 1 is 1.28 bits per heavy atom. The van der Waals surface area contributed by atoms with Gasteiger partial charge in [-0.3, -0.25) is 4.79 Å². The van der Waals surface area contributed by atoms with Crippen molar-refractivity contribution in [3.8, 4) is 0 Å². The molecule has 0 heterocycles. The second kappa shape index (κ2) is 5.21. The summed E-state index contributed by atoms with van der Waals surface area (Å²) in [6.45, 7) is 1.89. The molecule has 0 saturated heterocycles. The molecule has 1 amide bonds. The van der Waals surface area contributed by atoms with Gasteiger partial charge in [-0.2, -0.15) is 0 Å². The molecule has 1 aromatic rings. The van der Waals surface area contributed by atoms with E-state index < -0.39 is 11.9 Å². The molecule has 2 rings (SSSR count). The Hall–Kier alpha value is -1.84. The molecule has 0 fully saturated rings. The monoisotopic (exact) mass is 247 g/mol. The lowest BCUT2D eigenvalue weighted by atomic mass is 10.1. The summed E-state index contributed by atoms with van der Waals surface area (Å²) in [7, 11) is 1.59. The van der Waals surface area contributed by atoms with Crippen LogP contribution in [0.3, 0.4) is 0 Å². The van der Waals surface area contributed by atoms with Crippen molar-refractivity contribution in [2.75, 3.05) is 18.6 Å². The maximum Gasteiger partial charge on any atom is 0.397 e. The lowest BCUT2D eigenvalue weighted by Gasteiger charge is -2.17. The third-order valence-corrected chi connectivity index (χ3v) is 3.22. The summed E-state index contributed by atoms with van der Waals surface area (Å²) in [6.07, 6.45) is 3.31. The normalized spacial score (nSPS) is 13.0. The van der Waals surface area contributed by atoms with Crippen molar-refractivity contribution in [3.63, 3.8) is 0 Å². The Morgan fingerprint density at radius 3 is 2.72 bits per heavy atom. The van der Waals surface area contributed by atoms with Gasteiger partial charge in [0.2, 0.25) is 0 Å². The Morgan fingerprint density at radius 2 is 2.00 bits per heavy atom. The van der Waals surface area contributed by atoms with E-state index in [4.69, 9.17) is 4.74 Å². The number of esters is 1. The fourth-order valence-electron chi connectivity index (χ4n) is 2.21. The highest BCUT2D eigenvalue weighted by molar-refractivity contribution is 6.37. The van der Waals surface area contributed by atoms with Gasteiger partial charge in [0.15, 0.2) is 0 Å². The number of rotatable bonds is 2. The molecular formula is C14H17NO3. The molecule has 1 aliphatic rings. The van der Waals surface area contributed by atoms with Crippen LogP contribution in [-0.4, -0.2) is 25.5 Å². The van der Waals surface area contributed by atoms with Crippen molar-refractivity contribution >= 4 is 17.6 Å². The molecule has 0 aromatic heterocycles. The minimum Gasteiger partial charge on any atom is -0.459 e. The first kappa shape index (κ1) is 12.6. The zero-order valence-electron chi connectivity index (χ0n) is 10.7. The summed E-state index contributed by atoms with van der Waals surface area (Å²) >= 11 is 0. The number of nitrogens with zero attached hydrogens (tertiary/aromatic N) is 1. The van der Waals surface area contributed by atoms with Crippen molar-refractivity contribution < 1.29 is 14.3 Å². The molecule has 0 atom stereocenters. The van der Waals surface area contributed by atoms with Gasteiger partial charge in [0.1, 0.15) is 0 Å². The van der Waals surface area contributed by atoms with Crippen LogP contribution < -0.4 is 4.90 Å². The van der Waals surface area contributed by atoms with Crippen molar-refractivity contribution in [2.45, 2.75) is 26.2 Å². The van der Waals surface area contributed by atoms with Crippen LogP contribution in [0.2, 0.25) is 0 Å². The fraction of sp³-hybridized carbons (Fsp3) is 0.429. The number of carbonyl (C=O) groups excluding carboxylic acids is 2. The number of likely N-dealkylation sites (N-methyl/N-ethyl adjacent to an activating group) is 1. The van der Waals surface area contributed by atoms with Crippen LogP contribution in [0, 0.1) is 0 Å². The van der Waals surface area contributed by atoms with Gasteiger partial charge >= 0.3 is 11.9 Å². The molecule has 0 aliphatic heterocycles. The SMILES string of the molecule is CCOC(=O)C(=O)N(C)c1ccc2c(c1)CCC2. The number of hydrogen-bond acceptors (Lipinski definition) is 3. The van der Waals surface area contributed by atoms with Gasteiger partial charge < -0.3 is 9.64 Å². The topological polar surface area (TPSA) is 46.6 Å². The Balaban J connectivity index is 2.16. The van der Waals surface area contributed by atoms with E-state index in [1.807, 2.05) is 18.2 Å². The highest BCUT2D eigenvalue weighted by Gasteiger charge is 2.22. The summed E-state index contributed by atoms with van der Waals surface area (Å²) < 4.78 is 4.71. The quantitative estimate of drug-likeness (QED) is 0.590. The molecule has 0 bridgehead atoms. The van der Waals surface area contributed by atoms with Crippen molar-refractivity contribution in [1.82, 2.24) is 0 Å². The van der Waals surface area contributed by atoms with E-state index in [1.54, 1.807) is 14.0 Å². The molecule has 1 aromatic carbocycles. The average molecular weight is 247 g/mol. The van der Waals surface area contributed by atoms with Crippen LogP contribution in [-0.2, 0) is 27.2 Å². The summed E-state index contributed by atoms with van der Waals surface area (Å²) in [5, 5.41) is 0. The van der Waals surface area contributed by atoms with Crippen LogP contribution >= 0.6 is 0 Å². The molecule has 0 radical (unpaired) electrons. The predicted octanol–water partition coefficient (Wildman–Crippen LogP) is 1.70. The zero-order chi connectivity index (χ0) is 13.1. The van der Waals surface area contributed by atoms with E-state index >= 15 is 0 Å². The summed E-state index contributed by atoms with van der Waals surface area (Å²) in [5.41, 5.74) is 3.36. The van der Waals surface area contributed by atoms with Crippen LogP contribution in [0.25, 0.3) is 0 Å². The third kappa shape index (κ3) is 2.37. The van der Waals surface area contributed by atoms with E-state index in [0.717, 1.165) is 24.9 Å². The number of fused-ring (bicyclic) bond motifs is 1. The second-order valence-electron chi connectivity index (χ2n) is 4.39. The lowest BCUT2D eigenvalue weighted by molar-refractivity contribution is -0.153. The Bertz CT molecular complexity index is 482. The minimum atomic E-state index is -0.805. The average Bonchev–Trinajstić information content (AvgIpc) is 2.84. The van der Waals surface area contributed by atoms with E-state index in [0.29, 0.717) is 0 Å². The van der Waals surface area contributed by atoms with Gasteiger partial charge in [-0.15, -0.1) is 0 Å². The molecule has 0 N–H and O–H groups in total. The van der Waals surface area contributed by atoms with Crippen molar-refractivity contribution in [1.29, 1.82) is 0 Å². The lowest BCUT2D eigenvalue weighted by Crippen LogP contribution is -2.34. The molecule has 0 spiro atoms. The van der Waals surface area contributed by atoms with Gasteiger partial charge in [-0.1, -0.05) is 6.07 Å². The maximum absolute atomic E-state index is 11.8. The number of benzene rings is 1. The molecular weight excluding hydrogens is 230 g/mol. The second-order valence-corrected chi connectivity index (χ2v) is 4.39. The maximum atomic E-state index is 11.8. The molecule has 4 heteroatoms. The fourth-order valence-corrected chi connectivity index (χ4v) is 2.21. The molecule has 96 valence electrons. The van der Waals surface area contributed by atoms with Crippen molar-refractivity contribution in [2.24, 2.45) is 0 Å². The van der Waals surface area contributed by atoms with Crippen LogP contribution in [0.4, 0.5) is 5.69 Å². The number of ether oxygens (including phenoxy) is 1. The minimum absolute atomic E-state index is 0.211. The smallest absolute Gasteiger partial charge is 0.397 e. The first-order valence-corrected chi connectivity index (χ1v) is 6.20. The highest BCUT2D eigenvalue weighted by atomic mass is 16.5. The van der Waals surface area contributed by atoms with Crippen LogP contribution in [0.1, 0.15) is 24.5 Å². The van der Waals surface area contributed by atoms with Crippen LogP contribution in [0.5, 0.6) is 0 Å². The molecule has 0 unspecified atom stereocenters. The Labute approximate surface area is 107 Å². The number of carbonyl (C=O) groups is 2. The third-order valence-electron chi connectivity index (χ3n) is 3.22. The number of anilines is 1. The summed E-state index contributed by atoms with van der Waals surface area (Å²) in [6, 6.07) is 5.90. The highest BCUT2D eigenvalue weighted by Crippen LogP contribution is 2.26. The first-order chi connectivity index (χ1) is 8.63. The van der Waals surface area contributed by atoms with Gasteiger partial charge in [-0.25, -0.2) is 4.79 Å². The van der Waals surface area contributed by atoms with E-state index in [1.165, 1.54) is 16.0 Å². The molecule has 18 heavy (non-hydrogen) atoms. The van der Waals surface area contributed by atoms with E-state index in [9.17, 15) is 9.59 Å². The Kier molecular flexibility index (Phi) is 3.65. The van der Waals surface area contributed by atoms with Gasteiger partial charge in [0.25, 0.3) is 0 Å². The largest absolute Gasteiger partial charge is 0.459 e. The van der Waals surface area contributed by atoms with Gasteiger partial charge in [0, 0.05) is 12.7 Å². The zero-order valence-corrected chi connectivity index (χ0v) is 10.7. The predicted molar refractivity (Wildman–Crippen MR) is 68.5 cm³/mol. The molecule has 4 nitrogen and oxygen atoms in total. The van der Waals surface area contributed by atoms with Gasteiger partial charge in [-0.05, 0) is 49.4 Å². The van der Waals surface area contributed by atoms with Crippen molar-refractivity contribution in [3.05, 3.63) is 29.3 Å². The number of amides is 1. The standard InChI is InChI=1S/C14H17NO3/c1-3-18-14(17)13(16)15(2)12-8-7-10-5-4-6-11(10)9-12/h7-9H,3-6H2,1-2H3. The molecule has 0 saturated carbocycles. The summed E-state index contributed by atoms with van der Waals surface area (Å²) in [5.74, 6) is -1.43. The van der Waals surface area contributed by atoms with E-state index in [-0.39, 0.29) is 6.61 Å². The van der Waals surface area contributed by atoms with Crippen LogP contribution in [0.15, 0.2) is 18.2 Å². The summed E-state index contributed by atoms with van der Waals surface area (Å²) in [4.78, 5) is 24.5.